The van der Waals surface area contributed by atoms with Gasteiger partial charge in [0, 0.05) is 21.9 Å². The van der Waals surface area contributed by atoms with Gasteiger partial charge < -0.3 is 5.32 Å². The summed E-state index contributed by atoms with van der Waals surface area (Å²) in [5.74, 6) is 0.161. The van der Waals surface area contributed by atoms with Crippen LogP contribution >= 0.6 is 15.9 Å². The maximum Gasteiger partial charge on any atom is 0.267 e. The van der Waals surface area contributed by atoms with Gasteiger partial charge in [-0.1, -0.05) is 15.9 Å². The summed E-state index contributed by atoms with van der Waals surface area (Å²) in [6.45, 7) is 5.54. The first-order valence-electron chi connectivity index (χ1n) is 8.01. The molecule has 0 aliphatic heterocycles. The summed E-state index contributed by atoms with van der Waals surface area (Å²) in [4.78, 5) is 24.4. The van der Waals surface area contributed by atoms with Crippen LogP contribution in [0.2, 0.25) is 0 Å². The molecular formula is C18H18BrN5O2. The molecule has 1 N–H and O–H groups in total. The van der Waals surface area contributed by atoms with E-state index in [-0.39, 0.29) is 18.0 Å². The summed E-state index contributed by atoms with van der Waals surface area (Å²) < 4.78 is 3.74. The number of anilines is 1. The molecule has 0 atom stereocenters. The molecule has 26 heavy (non-hydrogen) atoms. The smallest absolute Gasteiger partial charge is 0.267 e. The average molecular weight is 416 g/mol. The number of benzene rings is 1. The molecule has 0 bridgehead atoms. The highest BCUT2D eigenvalue weighted by molar-refractivity contribution is 9.10. The number of hydrogen-bond donors (Lipinski definition) is 1. The Labute approximate surface area is 158 Å². The van der Waals surface area contributed by atoms with E-state index in [1.807, 2.05) is 39.0 Å². The largest absolute Gasteiger partial charge is 0.324 e. The highest BCUT2D eigenvalue weighted by Gasteiger charge is 2.11. The molecule has 3 aromatic rings. The van der Waals surface area contributed by atoms with Crippen LogP contribution < -0.4 is 10.9 Å². The Morgan fingerprint density at radius 1 is 1.12 bits per heavy atom. The van der Waals surface area contributed by atoms with Crippen molar-refractivity contribution in [3.8, 4) is 5.82 Å². The number of carbonyl (C=O) groups excluding carboxylic acids is 1. The van der Waals surface area contributed by atoms with Crippen LogP contribution in [0.5, 0.6) is 0 Å². The fourth-order valence-corrected chi connectivity index (χ4v) is 2.83. The molecule has 0 fully saturated rings. The molecule has 0 radical (unpaired) electrons. The Morgan fingerprint density at radius 2 is 1.88 bits per heavy atom. The lowest BCUT2D eigenvalue weighted by Crippen LogP contribution is -2.30. The van der Waals surface area contributed by atoms with Crippen LogP contribution in [0.25, 0.3) is 5.82 Å². The van der Waals surface area contributed by atoms with Crippen LogP contribution in [0, 0.1) is 20.8 Å². The van der Waals surface area contributed by atoms with E-state index >= 15 is 0 Å². The maximum atomic E-state index is 12.3. The number of aryl methyl sites for hydroxylation is 3. The summed E-state index contributed by atoms with van der Waals surface area (Å²) in [5.41, 5.74) is 3.07. The van der Waals surface area contributed by atoms with Crippen molar-refractivity contribution in [3.63, 3.8) is 0 Å². The van der Waals surface area contributed by atoms with E-state index < -0.39 is 0 Å². The van der Waals surface area contributed by atoms with Gasteiger partial charge in [0.05, 0.1) is 5.69 Å². The molecule has 1 aromatic carbocycles. The van der Waals surface area contributed by atoms with Gasteiger partial charge in [0.15, 0.2) is 5.82 Å². The predicted octanol–water partition coefficient (Wildman–Crippen LogP) is 2.76. The zero-order chi connectivity index (χ0) is 18.8. The monoisotopic (exact) mass is 415 g/mol. The minimum Gasteiger partial charge on any atom is -0.324 e. The topological polar surface area (TPSA) is 81.8 Å². The van der Waals surface area contributed by atoms with Crippen LogP contribution in [0.1, 0.15) is 17.0 Å². The first-order chi connectivity index (χ1) is 12.3. The molecule has 0 spiro atoms. The van der Waals surface area contributed by atoms with Crippen molar-refractivity contribution in [1.82, 2.24) is 19.6 Å². The molecule has 0 aliphatic rings. The zero-order valence-corrected chi connectivity index (χ0v) is 16.2. The Hall–Kier alpha value is -2.74. The number of carbonyl (C=O) groups is 1. The zero-order valence-electron chi connectivity index (χ0n) is 14.7. The highest BCUT2D eigenvalue weighted by Crippen LogP contribution is 2.19. The quantitative estimate of drug-likeness (QED) is 0.709. The van der Waals surface area contributed by atoms with Crippen molar-refractivity contribution < 1.29 is 4.79 Å². The van der Waals surface area contributed by atoms with Crippen molar-refractivity contribution >= 4 is 27.5 Å². The molecule has 1 amide bonds. The number of rotatable bonds is 4. The van der Waals surface area contributed by atoms with Crippen LogP contribution in [0.4, 0.5) is 5.69 Å². The van der Waals surface area contributed by atoms with Gasteiger partial charge in [-0.2, -0.15) is 5.10 Å². The van der Waals surface area contributed by atoms with Crippen molar-refractivity contribution in [2.24, 2.45) is 0 Å². The van der Waals surface area contributed by atoms with Gasteiger partial charge in [0.25, 0.3) is 5.56 Å². The standard InChI is InChI=1S/C18H18BrN5O2/c1-11-8-14(4-5-15(11)19)20-17(25)10-23-18(26)7-6-16(22-23)24-13(3)9-12(2)21-24/h4-9H,10H2,1-3H3,(H,20,25). The average Bonchev–Trinajstić information content (AvgIpc) is 2.91. The van der Waals surface area contributed by atoms with Crippen LogP contribution in [-0.2, 0) is 11.3 Å². The van der Waals surface area contributed by atoms with Gasteiger partial charge in [0.1, 0.15) is 6.54 Å². The fourth-order valence-electron chi connectivity index (χ4n) is 2.58. The van der Waals surface area contributed by atoms with Crippen LogP contribution in [0.3, 0.4) is 0 Å². The van der Waals surface area contributed by atoms with Crippen LogP contribution in [0.15, 0.2) is 45.7 Å². The van der Waals surface area contributed by atoms with Gasteiger partial charge in [-0.15, -0.1) is 5.10 Å². The highest BCUT2D eigenvalue weighted by atomic mass is 79.9. The van der Waals surface area contributed by atoms with E-state index in [0.29, 0.717) is 11.5 Å². The maximum absolute atomic E-state index is 12.3. The minimum absolute atomic E-state index is 0.179. The van der Waals surface area contributed by atoms with Gasteiger partial charge in [-0.05, 0) is 56.7 Å². The third kappa shape index (κ3) is 3.91. The van der Waals surface area contributed by atoms with Crippen LogP contribution in [-0.4, -0.2) is 25.5 Å². The number of hydrogen-bond acceptors (Lipinski definition) is 4. The van der Waals surface area contributed by atoms with Crippen molar-refractivity contribution in [2.45, 2.75) is 27.3 Å². The van der Waals surface area contributed by atoms with Crippen molar-refractivity contribution in [1.29, 1.82) is 0 Å². The summed E-state index contributed by atoms with van der Waals surface area (Å²) in [7, 11) is 0. The number of amides is 1. The lowest BCUT2D eigenvalue weighted by molar-refractivity contribution is -0.117. The number of halogens is 1. The molecule has 2 heterocycles. The normalized spacial score (nSPS) is 10.8. The van der Waals surface area contributed by atoms with E-state index in [0.717, 1.165) is 26.1 Å². The van der Waals surface area contributed by atoms with Gasteiger partial charge in [-0.25, -0.2) is 9.36 Å². The van der Waals surface area contributed by atoms with E-state index in [1.54, 1.807) is 16.8 Å². The Bertz CT molecular complexity index is 1040. The SMILES string of the molecule is Cc1cc(C)n(-c2ccc(=O)n(CC(=O)Nc3ccc(Br)c(C)c3)n2)n1. The molecule has 3 rings (SSSR count). The van der Waals surface area contributed by atoms with Gasteiger partial charge in [0.2, 0.25) is 5.91 Å². The molecular weight excluding hydrogens is 398 g/mol. The second-order valence-electron chi connectivity index (χ2n) is 6.04. The summed E-state index contributed by atoms with van der Waals surface area (Å²) >= 11 is 3.42. The van der Waals surface area contributed by atoms with Gasteiger partial charge in [-0.3, -0.25) is 9.59 Å². The fraction of sp³-hybridized carbons (Fsp3) is 0.222. The summed E-state index contributed by atoms with van der Waals surface area (Å²) in [6.07, 6.45) is 0. The van der Waals surface area contributed by atoms with Crippen molar-refractivity contribution in [3.05, 3.63) is 68.2 Å². The molecule has 2 aromatic heterocycles. The van der Waals surface area contributed by atoms with E-state index in [9.17, 15) is 9.59 Å². The first-order valence-corrected chi connectivity index (χ1v) is 8.80. The third-order valence-electron chi connectivity index (χ3n) is 3.81. The number of nitrogens with one attached hydrogen (secondary N) is 1. The Morgan fingerprint density at radius 3 is 2.54 bits per heavy atom. The Kier molecular flexibility index (Phi) is 5.03. The molecule has 8 heteroatoms. The first kappa shape index (κ1) is 18.1. The van der Waals surface area contributed by atoms with E-state index in [1.165, 1.54) is 6.07 Å². The predicted molar refractivity (Wildman–Crippen MR) is 103 cm³/mol. The van der Waals surface area contributed by atoms with Gasteiger partial charge >= 0.3 is 0 Å². The summed E-state index contributed by atoms with van der Waals surface area (Å²) in [5, 5.41) is 11.4. The molecule has 0 saturated carbocycles. The third-order valence-corrected chi connectivity index (χ3v) is 4.70. The van der Waals surface area contributed by atoms with Crippen molar-refractivity contribution in [2.75, 3.05) is 5.32 Å². The number of nitrogens with zero attached hydrogens (tertiary/aromatic N) is 4. The molecule has 0 unspecified atom stereocenters. The summed E-state index contributed by atoms with van der Waals surface area (Å²) in [6, 6.07) is 10.4. The second kappa shape index (κ2) is 7.25. The lowest BCUT2D eigenvalue weighted by atomic mass is 10.2. The molecule has 0 aliphatic carbocycles. The molecule has 7 nitrogen and oxygen atoms in total. The lowest BCUT2D eigenvalue weighted by Gasteiger charge is -2.10. The Balaban J connectivity index is 1.81. The number of aromatic nitrogens is 4. The molecule has 134 valence electrons. The second-order valence-corrected chi connectivity index (χ2v) is 6.89. The van der Waals surface area contributed by atoms with E-state index in [2.05, 4.69) is 31.4 Å². The van der Waals surface area contributed by atoms with E-state index in [4.69, 9.17) is 0 Å². The minimum atomic E-state index is -0.350. The molecule has 0 saturated heterocycles.